The van der Waals surface area contributed by atoms with Gasteiger partial charge >= 0.3 is 0 Å². The van der Waals surface area contributed by atoms with E-state index in [0.717, 1.165) is 22.4 Å². The maximum Gasteiger partial charge on any atom is 0.247 e. The van der Waals surface area contributed by atoms with Crippen molar-refractivity contribution in [3.63, 3.8) is 0 Å². The van der Waals surface area contributed by atoms with Gasteiger partial charge < -0.3 is 4.42 Å². The number of hydrogen-bond acceptors (Lipinski definition) is 7. The second-order valence-electron chi connectivity index (χ2n) is 5.96. The van der Waals surface area contributed by atoms with Gasteiger partial charge in [0.15, 0.2) is 0 Å². The van der Waals surface area contributed by atoms with E-state index < -0.39 is 0 Å². The summed E-state index contributed by atoms with van der Waals surface area (Å²) in [4.78, 5) is 0. The largest absolute Gasteiger partial charge is 0.420 e. The summed E-state index contributed by atoms with van der Waals surface area (Å²) in [6, 6.07) is 13.4. The van der Waals surface area contributed by atoms with E-state index in [1.54, 1.807) is 16.8 Å². The smallest absolute Gasteiger partial charge is 0.247 e. The van der Waals surface area contributed by atoms with Crippen LogP contribution in [0.25, 0.3) is 17.1 Å². The quantitative estimate of drug-likeness (QED) is 0.464. The third kappa shape index (κ3) is 3.86. The van der Waals surface area contributed by atoms with Gasteiger partial charge in [-0.1, -0.05) is 35.5 Å². The third-order valence-corrected chi connectivity index (χ3v) is 5.07. The molecule has 0 aliphatic heterocycles. The summed E-state index contributed by atoms with van der Waals surface area (Å²) in [5.74, 6) is 1.42. The van der Waals surface area contributed by atoms with Crippen molar-refractivity contribution < 1.29 is 4.42 Å². The van der Waals surface area contributed by atoms with Crippen molar-refractivity contribution in [3.8, 4) is 17.1 Å². The number of benzene rings is 2. The molecule has 0 aliphatic carbocycles. The lowest BCUT2D eigenvalue weighted by Crippen LogP contribution is -2.02. The molecule has 4 rings (SSSR count). The Balaban J connectivity index is 1.51. The van der Waals surface area contributed by atoms with Gasteiger partial charge in [0, 0.05) is 10.6 Å². The zero-order valence-corrected chi connectivity index (χ0v) is 16.2. The Bertz CT molecular complexity index is 1080. The SMILES string of the molecule is Cc1ccc(C)c(-n2nnnc2SCc2nnc(-c3ccc(Cl)cc3)o2)c1. The molecule has 0 atom stereocenters. The molecular formula is C18H15ClN6OS. The predicted octanol–water partition coefficient (Wildman–Crippen LogP) is 4.27. The fourth-order valence-electron chi connectivity index (χ4n) is 2.52. The zero-order chi connectivity index (χ0) is 18.8. The number of tetrazole rings is 1. The Labute approximate surface area is 164 Å². The van der Waals surface area contributed by atoms with Gasteiger partial charge in [0.25, 0.3) is 0 Å². The summed E-state index contributed by atoms with van der Waals surface area (Å²) in [6.07, 6.45) is 0. The van der Waals surface area contributed by atoms with Crippen molar-refractivity contribution in [1.29, 1.82) is 0 Å². The van der Waals surface area contributed by atoms with Crippen molar-refractivity contribution in [2.45, 2.75) is 24.8 Å². The van der Waals surface area contributed by atoms with Crippen LogP contribution in [0.15, 0.2) is 52.0 Å². The first kappa shape index (κ1) is 17.7. The molecular weight excluding hydrogens is 384 g/mol. The molecule has 0 saturated heterocycles. The normalized spacial score (nSPS) is 11.1. The number of nitrogens with zero attached hydrogens (tertiary/aromatic N) is 6. The summed E-state index contributed by atoms with van der Waals surface area (Å²) < 4.78 is 7.46. The lowest BCUT2D eigenvalue weighted by Gasteiger charge is -2.07. The minimum Gasteiger partial charge on any atom is -0.420 e. The Morgan fingerprint density at radius 1 is 1.04 bits per heavy atom. The summed E-state index contributed by atoms with van der Waals surface area (Å²) in [6.45, 7) is 4.07. The Hall–Kier alpha value is -2.71. The topological polar surface area (TPSA) is 82.5 Å². The zero-order valence-electron chi connectivity index (χ0n) is 14.6. The molecule has 0 aliphatic rings. The average Bonchev–Trinajstić information content (AvgIpc) is 3.32. The first-order chi connectivity index (χ1) is 13.1. The van der Waals surface area contributed by atoms with E-state index in [2.05, 4.69) is 43.9 Å². The van der Waals surface area contributed by atoms with Gasteiger partial charge in [-0.25, -0.2) is 0 Å². The molecule has 0 fully saturated rings. The highest BCUT2D eigenvalue weighted by atomic mass is 35.5. The molecule has 0 spiro atoms. The lowest BCUT2D eigenvalue weighted by atomic mass is 10.1. The molecule has 2 aromatic heterocycles. The van der Waals surface area contributed by atoms with Gasteiger partial charge in [-0.15, -0.1) is 15.3 Å². The van der Waals surface area contributed by atoms with E-state index in [0.29, 0.717) is 27.7 Å². The fourth-order valence-corrected chi connectivity index (χ4v) is 3.36. The molecule has 2 heterocycles. The second kappa shape index (κ2) is 7.50. The maximum absolute atomic E-state index is 5.91. The van der Waals surface area contributed by atoms with Crippen molar-refractivity contribution in [1.82, 2.24) is 30.4 Å². The Kier molecular flexibility index (Phi) is 4.91. The van der Waals surface area contributed by atoms with Crippen LogP contribution in [0.2, 0.25) is 5.02 Å². The highest BCUT2D eigenvalue weighted by Gasteiger charge is 2.14. The highest BCUT2D eigenvalue weighted by molar-refractivity contribution is 7.98. The molecule has 0 saturated carbocycles. The molecule has 0 N–H and O–H groups in total. The van der Waals surface area contributed by atoms with Crippen LogP contribution >= 0.6 is 23.4 Å². The molecule has 27 heavy (non-hydrogen) atoms. The van der Waals surface area contributed by atoms with E-state index in [1.807, 2.05) is 26.0 Å². The standard InChI is InChI=1S/C18H15ClN6OS/c1-11-3-4-12(2)15(9-11)25-18(22-23-24-25)27-10-16-20-21-17(26-16)13-5-7-14(19)8-6-13/h3-9H,10H2,1-2H3. The summed E-state index contributed by atoms with van der Waals surface area (Å²) in [7, 11) is 0. The molecule has 0 bridgehead atoms. The van der Waals surface area contributed by atoms with E-state index >= 15 is 0 Å². The van der Waals surface area contributed by atoms with Crippen LogP contribution in [-0.4, -0.2) is 30.4 Å². The highest BCUT2D eigenvalue weighted by Crippen LogP contribution is 2.26. The Morgan fingerprint density at radius 2 is 1.85 bits per heavy atom. The first-order valence-corrected chi connectivity index (χ1v) is 9.53. The molecule has 0 radical (unpaired) electrons. The lowest BCUT2D eigenvalue weighted by molar-refractivity contribution is 0.528. The molecule has 9 heteroatoms. The minimum absolute atomic E-state index is 0.455. The summed E-state index contributed by atoms with van der Waals surface area (Å²) in [5, 5.41) is 21.5. The number of rotatable bonds is 5. The maximum atomic E-state index is 5.91. The van der Waals surface area contributed by atoms with Gasteiger partial charge in [0.05, 0.1) is 11.4 Å². The van der Waals surface area contributed by atoms with Crippen molar-refractivity contribution in [2.24, 2.45) is 0 Å². The van der Waals surface area contributed by atoms with Crippen LogP contribution in [0.4, 0.5) is 0 Å². The van der Waals surface area contributed by atoms with E-state index in [-0.39, 0.29) is 0 Å². The molecule has 0 amide bonds. The van der Waals surface area contributed by atoms with Crippen molar-refractivity contribution in [3.05, 3.63) is 64.5 Å². The van der Waals surface area contributed by atoms with E-state index in [4.69, 9.17) is 16.0 Å². The number of aromatic nitrogens is 6. The van der Waals surface area contributed by atoms with E-state index in [9.17, 15) is 0 Å². The van der Waals surface area contributed by atoms with E-state index in [1.165, 1.54) is 11.8 Å². The minimum atomic E-state index is 0.455. The van der Waals surface area contributed by atoms with Crippen molar-refractivity contribution in [2.75, 3.05) is 0 Å². The summed E-state index contributed by atoms with van der Waals surface area (Å²) in [5.41, 5.74) is 4.02. The molecule has 136 valence electrons. The summed E-state index contributed by atoms with van der Waals surface area (Å²) >= 11 is 7.34. The third-order valence-electron chi connectivity index (χ3n) is 3.92. The molecule has 7 nitrogen and oxygen atoms in total. The van der Waals surface area contributed by atoms with Crippen LogP contribution in [0.5, 0.6) is 0 Å². The predicted molar refractivity (Wildman–Crippen MR) is 103 cm³/mol. The van der Waals surface area contributed by atoms with Crippen LogP contribution in [0.3, 0.4) is 0 Å². The molecule has 2 aromatic carbocycles. The monoisotopic (exact) mass is 398 g/mol. The first-order valence-electron chi connectivity index (χ1n) is 8.17. The number of halogens is 1. The number of hydrogen-bond donors (Lipinski definition) is 0. The Morgan fingerprint density at radius 3 is 2.67 bits per heavy atom. The van der Waals surface area contributed by atoms with Crippen molar-refractivity contribution >= 4 is 23.4 Å². The molecule has 0 unspecified atom stereocenters. The van der Waals surface area contributed by atoms with Gasteiger partial charge in [-0.3, -0.25) is 0 Å². The van der Waals surface area contributed by atoms with Gasteiger partial charge in [0.1, 0.15) is 0 Å². The number of aryl methyl sites for hydroxylation is 2. The van der Waals surface area contributed by atoms with Gasteiger partial charge in [-0.05, 0) is 65.7 Å². The van der Waals surface area contributed by atoms with Gasteiger partial charge in [0.2, 0.25) is 16.9 Å². The van der Waals surface area contributed by atoms with Gasteiger partial charge in [-0.2, -0.15) is 4.68 Å². The molecule has 4 aromatic rings. The second-order valence-corrected chi connectivity index (χ2v) is 7.34. The number of thioether (sulfide) groups is 1. The average molecular weight is 399 g/mol. The fraction of sp³-hybridized carbons (Fsp3) is 0.167. The van der Waals surface area contributed by atoms with Crippen LogP contribution < -0.4 is 0 Å². The van der Waals surface area contributed by atoms with Crippen LogP contribution in [-0.2, 0) is 5.75 Å². The van der Waals surface area contributed by atoms with Crippen LogP contribution in [0, 0.1) is 13.8 Å². The van der Waals surface area contributed by atoms with Crippen LogP contribution in [0.1, 0.15) is 17.0 Å².